The molecule has 0 saturated carbocycles. The van der Waals surface area contributed by atoms with Gasteiger partial charge in [-0.25, -0.2) is 8.78 Å². The van der Waals surface area contributed by atoms with Gasteiger partial charge in [0.05, 0.1) is 6.04 Å². The van der Waals surface area contributed by atoms with E-state index in [0.29, 0.717) is 11.1 Å². The molecule has 0 spiro atoms. The second-order valence-corrected chi connectivity index (χ2v) is 6.28. The van der Waals surface area contributed by atoms with Crippen LogP contribution in [-0.2, 0) is 0 Å². The average molecular weight is 308 g/mol. The van der Waals surface area contributed by atoms with Crippen molar-refractivity contribution in [1.82, 2.24) is 10.2 Å². The zero-order valence-corrected chi connectivity index (χ0v) is 12.7. The number of thiophene rings is 1. The summed E-state index contributed by atoms with van der Waals surface area (Å²) < 4.78 is 28.4. The molecule has 112 valence electrons. The van der Waals surface area contributed by atoms with E-state index in [4.69, 9.17) is 0 Å². The molecule has 1 aromatic carbocycles. The number of nitrogens with one attached hydrogen (secondary N) is 1. The molecular formula is C16H18F2N2S. The predicted molar refractivity (Wildman–Crippen MR) is 81.7 cm³/mol. The van der Waals surface area contributed by atoms with Crippen molar-refractivity contribution in [3.05, 3.63) is 57.3 Å². The Kier molecular flexibility index (Phi) is 4.33. The number of hydrogen-bond acceptors (Lipinski definition) is 3. The maximum absolute atomic E-state index is 14.4. The molecule has 1 aliphatic heterocycles. The predicted octanol–water partition coefficient (Wildman–Crippen LogP) is 3.33. The maximum Gasteiger partial charge on any atom is 0.164 e. The molecule has 0 amide bonds. The topological polar surface area (TPSA) is 15.3 Å². The first kappa shape index (κ1) is 14.6. The summed E-state index contributed by atoms with van der Waals surface area (Å²) in [7, 11) is 0. The van der Waals surface area contributed by atoms with Crippen LogP contribution < -0.4 is 5.32 Å². The number of aryl methyl sites for hydroxylation is 1. The lowest BCUT2D eigenvalue weighted by Gasteiger charge is -2.35. The van der Waals surface area contributed by atoms with Crippen LogP contribution in [0.25, 0.3) is 0 Å². The van der Waals surface area contributed by atoms with E-state index >= 15 is 0 Å². The molecule has 3 rings (SSSR count). The van der Waals surface area contributed by atoms with Crippen LogP contribution in [0.5, 0.6) is 0 Å². The second-order valence-electron chi connectivity index (χ2n) is 5.30. The van der Waals surface area contributed by atoms with Gasteiger partial charge in [0.15, 0.2) is 11.6 Å². The summed E-state index contributed by atoms with van der Waals surface area (Å²) >= 11 is 1.59. The Morgan fingerprint density at radius 2 is 1.90 bits per heavy atom. The lowest BCUT2D eigenvalue weighted by molar-refractivity contribution is 0.196. The van der Waals surface area contributed by atoms with Crippen molar-refractivity contribution in [1.29, 1.82) is 0 Å². The van der Waals surface area contributed by atoms with Crippen molar-refractivity contribution >= 4 is 11.3 Å². The Hall–Kier alpha value is -1.30. The molecule has 21 heavy (non-hydrogen) atoms. The van der Waals surface area contributed by atoms with E-state index in [1.54, 1.807) is 30.4 Å². The number of benzene rings is 1. The molecule has 1 aromatic heterocycles. The number of piperazine rings is 1. The molecular weight excluding hydrogens is 290 g/mol. The first-order chi connectivity index (χ1) is 10.2. The molecule has 2 heterocycles. The van der Waals surface area contributed by atoms with Crippen molar-refractivity contribution < 1.29 is 8.78 Å². The molecule has 1 fully saturated rings. The minimum Gasteiger partial charge on any atom is -0.314 e. The molecule has 2 nitrogen and oxygen atoms in total. The molecule has 1 atom stereocenters. The minimum absolute atomic E-state index is 0.206. The Balaban J connectivity index is 2.05. The van der Waals surface area contributed by atoms with Gasteiger partial charge in [-0.05, 0) is 23.9 Å². The quantitative estimate of drug-likeness (QED) is 0.935. The standard InChI is InChI=1S/C16H18F2N2S/c1-11-4-5-12(15(18)14(11)17)16(13-3-2-10-21-13)20-8-6-19-7-9-20/h2-5,10,16,19H,6-9H2,1H3/t16-/m1/s1. The summed E-state index contributed by atoms with van der Waals surface area (Å²) in [4.78, 5) is 3.27. The molecule has 1 saturated heterocycles. The third-order valence-electron chi connectivity index (χ3n) is 3.93. The molecule has 0 bridgehead atoms. The van der Waals surface area contributed by atoms with Crippen LogP contribution in [-0.4, -0.2) is 31.1 Å². The van der Waals surface area contributed by atoms with E-state index in [1.165, 1.54) is 0 Å². The Morgan fingerprint density at radius 1 is 1.14 bits per heavy atom. The fourth-order valence-electron chi connectivity index (χ4n) is 2.79. The number of rotatable bonds is 3. The minimum atomic E-state index is -0.732. The van der Waals surface area contributed by atoms with E-state index in [-0.39, 0.29) is 6.04 Å². The second kappa shape index (κ2) is 6.22. The van der Waals surface area contributed by atoms with Crippen molar-refractivity contribution in [2.45, 2.75) is 13.0 Å². The van der Waals surface area contributed by atoms with Gasteiger partial charge < -0.3 is 5.32 Å². The van der Waals surface area contributed by atoms with Gasteiger partial charge in [-0.2, -0.15) is 0 Å². The highest BCUT2D eigenvalue weighted by Crippen LogP contribution is 2.34. The summed E-state index contributed by atoms with van der Waals surface area (Å²) in [6.07, 6.45) is 0. The average Bonchev–Trinajstić information content (AvgIpc) is 3.03. The number of halogens is 2. The van der Waals surface area contributed by atoms with E-state index in [2.05, 4.69) is 10.2 Å². The molecule has 0 aliphatic carbocycles. The number of nitrogens with zero attached hydrogens (tertiary/aromatic N) is 1. The van der Waals surface area contributed by atoms with Gasteiger partial charge >= 0.3 is 0 Å². The fraction of sp³-hybridized carbons (Fsp3) is 0.375. The van der Waals surface area contributed by atoms with Crippen LogP contribution in [0.1, 0.15) is 22.0 Å². The van der Waals surface area contributed by atoms with Crippen molar-refractivity contribution in [3.8, 4) is 0 Å². The van der Waals surface area contributed by atoms with Crippen LogP contribution >= 0.6 is 11.3 Å². The SMILES string of the molecule is Cc1ccc([C@H](c2cccs2)N2CCNCC2)c(F)c1F. The Labute approximate surface area is 127 Å². The maximum atomic E-state index is 14.4. The molecule has 0 unspecified atom stereocenters. The van der Waals surface area contributed by atoms with Crippen LogP contribution in [0.3, 0.4) is 0 Å². The van der Waals surface area contributed by atoms with Crippen LogP contribution in [0.4, 0.5) is 8.78 Å². The normalized spacial score (nSPS) is 17.9. The van der Waals surface area contributed by atoms with Gasteiger partial charge in [-0.3, -0.25) is 4.90 Å². The zero-order chi connectivity index (χ0) is 14.8. The van der Waals surface area contributed by atoms with E-state index < -0.39 is 11.6 Å². The zero-order valence-electron chi connectivity index (χ0n) is 11.9. The Bertz CT molecular complexity index is 607. The summed E-state index contributed by atoms with van der Waals surface area (Å²) in [5.41, 5.74) is 0.781. The third kappa shape index (κ3) is 2.86. The Morgan fingerprint density at radius 3 is 2.57 bits per heavy atom. The van der Waals surface area contributed by atoms with Crippen molar-refractivity contribution in [2.75, 3.05) is 26.2 Å². The highest BCUT2D eigenvalue weighted by Gasteiger charge is 2.28. The molecule has 0 radical (unpaired) electrons. The monoisotopic (exact) mass is 308 g/mol. The van der Waals surface area contributed by atoms with Gasteiger partial charge in [0.1, 0.15) is 0 Å². The van der Waals surface area contributed by atoms with Crippen molar-refractivity contribution in [2.24, 2.45) is 0 Å². The van der Waals surface area contributed by atoms with E-state index in [0.717, 1.165) is 31.1 Å². The lowest BCUT2D eigenvalue weighted by Crippen LogP contribution is -2.45. The van der Waals surface area contributed by atoms with E-state index in [1.807, 2.05) is 17.5 Å². The number of hydrogen-bond donors (Lipinski definition) is 1. The van der Waals surface area contributed by atoms with Gasteiger partial charge in [0.2, 0.25) is 0 Å². The summed E-state index contributed by atoms with van der Waals surface area (Å²) in [6.45, 7) is 5.00. The van der Waals surface area contributed by atoms with Gasteiger partial charge in [0.25, 0.3) is 0 Å². The lowest BCUT2D eigenvalue weighted by atomic mass is 10.00. The molecule has 2 aromatic rings. The van der Waals surface area contributed by atoms with Crippen molar-refractivity contribution in [3.63, 3.8) is 0 Å². The highest BCUT2D eigenvalue weighted by atomic mass is 32.1. The van der Waals surface area contributed by atoms with Crippen LogP contribution in [0, 0.1) is 18.6 Å². The van der Waals surface area contributed by atoms with Crippen LogP contribution in [0.2, 0.25) is 0 Å². The summed E-state index contributed by atoms with van der Waals surface area (Å²) in [5, 5.41) is 5.27. The van der Waals surface area contributed by atoms with Gasteiger partial charge in [-0.1, -0.05) is 18.2 Å². The highest BCUT2D eigenvalue weighted by molar-refractivity contribution is 7.10. The molecule has 5 heteroatoms. The van der Waals surface area contributed by atoms with E-state index in [9.17, 15) is 8.78 Å². The molecule has 1 aliphatic rings. The van der Waals surface area contributed by atoms with Gasteiger partial charge in [0, 0.05) is 36.6 Å². The van der Waals surface area contributed by atoms with Crippen LogP contribution in [0.15, 0.2) is 29.6 Å². The summed E-state index contributed by atoms with van der Waals surface area (Å²) in [6, 6.07) is 7.13. The molecule has 1 N–H and O–H groups in total. The third-order valence-corrected chi connectivity index (χ3v) is 4.85. The first-order valence-electron chi connectivity index (χ1n) is 7.11. The smallest absolute Gasteiger partial charge is 0.164 e. The fourth-order valence-corrected chi connectivity index (χ4v) is 3.67. The largest absolute Gasteiger partial charge is 0.314 e. The summed E-state index contributed by atoms with van der Waals surface area (Å²) in [5.74, 6) is -1.45. The van der Waals surface area contributed by atoms with Gasteiger partial charge in [-0.15, -0.1) is 11.3 Å². The first-order valence-corrected chi connectivity index (χ1v) is 7.99.